The molecule has 0 aliphatic carbocycles. The monoisotopic (exact) mass is 311 g/mol. The Kier molecular flexibility index (Phi) is 4.60. The van der Waals surface area contributed by atoms with Gasteiger partial charge in [0, 0.05) is 12.6 Å². The Hall–Kier alpha value is -0.740. The van der Waals surface area contributed by atoms with Crippen molar-refractivity contribution in [3.8, 4) is 0 Å². The van der Waals surface area contributed by atoms with E-state index in [0.717, 1.165) is 16.0 Å². The fraction of sp³-hybridized carbons (Fsp3) is 0.647. The molecule has 118 valence electrons. The van der Waals surface area contributed by atoms with Crippen LogP contribution in [0.3, 0.4) is 0 Å². The van der Waals surface area contributed by atoms with Gasteiger partial charge in [-0.05, 0) is 49.3 Å². The minimum absolute atomic E-state index is 0.0296. The minimum atomic E-state index is -1.27. The van der Waals surface area contributed by atoms with Gasteiger partial charge in [-0.25, -0.2) is 12.9 Å². The maximum absolute atomic E-state index is 13.5. The molecule has 2 nitrogen and oxygen atoms in total. The molecule has 1 saturated heterocycles. The number of alkyl halides is 1. The molecule has 1 unspecified atom stereocenters. The van der Waals surface area contributed by atoms with Gasteiger partial charge in [0.05, 0.1) is 4.90 Å². The van der Waals surface area contributed by atoms with Crippen LogP contribution in [0.15, 0.2) is 17.0 Å². The summed E-state index contributed by atoms with van der Waals surface area (Å²) in [6.45, 7) is 12.8. The van der Waals surface area contributed by atoms with Crippen LogP contribution in [-0.2, 0) is 16.4 Å². The number of halogens is 1. The van der Waals surface area contributed by atoms with Crippen LogP contribution in [0.25, 0.3) is 0 Å². The highest BCUT2D eigenvalue weighted by molar-refractivity contribution is 7.82. The summed E-state index contributed by atoms with van der Waals surface area (Å²) in [5, 5.41) is 0. The van der Waals surface area contributed by atoms with Gasteiger partial charge in [0.1, 0.15) is 17.2 Å². The second-order valence-electron chi connectivity index (χ2n) is 7.22. The minimum Gasteiger partial charge on any atom is -0.246 e. The summed E-state index contributed by atoms with van der Waals surface area (Å²) >= 11 is 0. The predicted octanol–water partition coefficient (Wildman–Crippen LogP) is 4.06. The maximum Gasteiger partial charge on any atom is 0.128 e. The lowest BCUT2D eigenvalue weighted by Gasteiger charge is -2.25. The Morgan fingerprint density at radius 1 is 1.24 bits per heavy atom. The second-order valence-corrected chi connectivity index (χ2v) is 8.60. The lowest BCUT2D eigenvalue weighted by molar-refractivity contribution is 0.347. The van der Waals surface area contributed by atoms with E-state index in [0.29, 0.717) is 6.42 Å². The van der Waals surface area contributed by atoms with E-state index in [4.69, 9.17) is 0 Å². The van der Waals surface area contributed by atoms with E-state index in [1.54, 1.807) is 4.31 Å². The van der Waals surface area contributed by atoms with Crippen molar-refractivity contribution < 1.29 is 8.60 Å². The predicted molar refractivity (Wildman–Crippen MR) is 86.7 cm³/mol. The van der Waals surface area contributed by atoms with Gasteiger partial charge in [-0.3, -0.25) is 0 Å². The van der Waals surface area contributed by atoms with Gasteiger partial charge in [-0.1, -0.05) is 32.9 Å². The molecular weight excluding hydrogens is 285 g/mol. The number of rotatable bonds is 2. The summed E-state index contributed by atoms with van der Waals surface area (Å²) in [4.78, 5) is 0.851. The van der Waals surface area contributed by atoms with E-state index in [2.05, 4.69) is 32.9 Å². The molecule has 0 radical (unpaired) electrons. The Labute approximate surface area is 130 Å². The van der Waals surface area contributed by atoms with Gasteiger partial charge in [0.2, 0.25) is 0 Å². The summed E-state index contributed by atoms with van der Waals surface area (Å²) < 4.78 is 28.2. The van der Waals surface area contributed by atoms with Crippen molar-refractivity contribution in [2.75, 3.05) is 6.54 Å². The summed E-state index contributed by atoms with van der Waals surface area (Å²) in [5.41, 5.74) is 3.39. The normalized spacial score (nSPS) is 25.3. The van der Waals surface area contributed by atoms with Crippen LogP contribution in [0, 0.1) is 13.8 Å². The first-order valence-electron chi connectivity index (χ1n) is 7.55. The molecule has 1 fully saturated rings. The summed E-state index contributed by atoms with van der Waals surface area (Å²) in [5.74, 6) is 0. The summed E-state index contributed by atoms with van der Waals surface area (Å²) in [6, 6.07) is 4.27. The molecule has 1 aliphatic heterocycles. The van der Waals surface area contributed by atoms with Crippen LogP contribution < -0.4 is 0 Å². The third-order valence-electron chi connectivity index (χ3n) is 4.18. The van der Waals surface area contributed by atoms with Gasteiger partial charge < -0.3 is 0 Å². The average molecular weight is 311 g/mol. The molecule has 0 amide bonds. The van der Waals surface area contributed by atoms with E-state index in [9.17, 15) is 8.60 Å². The largest absolute Gasteiger partial charge is 0.246 e. The second kappa shape index (κ2) is 5.81. The van der Waals surface area contributed by atoms with Crippen molar-refractivity contribution in [2.24, 2.45) is 0 Å². The molecule has 1 aromatic carbocycles. The number of aryl methyl sites for hydroxylation is 2. The van der Waals surface area contributed by atoms with Crippen LogP contribution >= 0.6 is 0 Å². The van der Waals surface area contributed by atoms with Gasteiger partial charge in [-0.2, -0.15) is 0 Å². The zero-order valence-electron chi connectivity index (χ0n) is 13.9. The zero-order chi connectivity index (χ0) is 15.9. The molecular formula is C17H26FNOS. The van der Waals surface area contributed by atoms with Crippen molar-refractivity contribution in [1.82, 2.24) is 4.31 Å². The Balaban J connectivity index is 2.39. The average Bonchev–Trinajstić information content (AvgIpc) is 2.66. The van der Waals surface area contributed by atoms with Crippen molar-refractivity contribution in [3.63, 3.8) is 0 Å². The molecule has 0 aromatic heterocycles. The lowest BCUT2D eigenvalue weighted by atomic mass is 9.85. The molecule has 0 spiro atoms. The van der Waals surface area contributed by atoms with Crippen molar-refractivity contribution in [1.29, 1.82) is 0 Å². The fourth-order valence-corrected chi connectivity index (χ4v) is 4.56. The first-order chi connectivity index (χ1) is 9.61. The molecule has 21 heavy (non-hydrogen) atoms. The summed E-state index contributed by atoms with van der Waals surface area (Å²) in [7, 11) is -1.27. The molecule has 0 N–H and O–H groups in total. The van der Waals surface area contributed by atoms with Crippen LogP contribution in [0.1, 0.15) is 50.8 Å². The third-order valence-corrected chi connectivity index (χ3v) is 6.11. The number of nitrogens with zero attached hydrogens (tertiary/aromatic N) is 1. The van der Waals surface area contributed by atoms with Gasteiger partial charge in [-0.15, -0.1) is 0 Å². The highest BCUT2D eigenvalue weighted by Gasteiger charge is 2.34. The SMILES string of the molecule is Cc1cc(C(C)(C)C)cc(C)c1S(=O)N1C[C@@H](F)C[C@H]1C. The van der Waals surface area contributed by atoms with Crippen LogP contribution in [-0.4, -0.2) is 27.3 Å². The van der Waals surface area contributed by atoms with Crippen molar-refractivity contribution in [2.45, 2.75) is 70.5 Å². The van der Waals surface area contributed by atoms with Crippen molar-refractivity contribution in [3.05, 3.63) is 28.8 Å². The van der Waals surface area contributed by atoms with Crippen LogP contribution in [0.2, 0.25) is 0 Å². The molecule has 1 aromatic rings. The number of hydrogen-bond acceptors (Lipinski definition) is 1. The van der Waals surface area contributed by atoms with E-state index >= 15 is 0 Å². The molecule has 0 saturated carbocycles. The standard InChI is InChI=1S/C17H26FNOS/c1-11-7-14(17(4,5)6)8-12(2)16(11)21(20)19-10-15(18)9-13(19)3/h7-8,13,15H,9-10H2,1-6H3/t13-,15+,21?/m1/s1. The molecule has 2 rings (SSSR count). The molecule has 1 heterocycles. The molecule has 0 bridgehead atoms. The number of benzene rings is 1. The van der Waals surface area contributed by atoms with E-state index < -0.39 is 17.2 Å². The van der Waals surface area contributed by atoms with E-state index in [1.165, 1.54) is 5.56 Å². The third kappa shape index (κ3) is 3.37. The molecule has 1 aliphatic rings. The quantitative estimate of drug-likeness (QED) is 0.806. The topological polar surface area (TPSA) is 20.3 Å². The number of hydrogen-bond donors (Lipinski definition) is 0. The smallest absolute Gasteiger partial charge is 0.128 e. The van der Waals surface area contributed by atoms with Crippen LogP contribution in [0.5, 0.6) is 0 Å². The highest BCUT2D eigenvalue weighted by Crippen LogP contribution is 2.31. The van der Waals surface area contributed by atoms with Gasteiger partial charge >= 0.3 is 0 Å². The first kappa shape index (κ1) is 16.6. The summed E-state index contributed by atoms with van der Waals surface area (Å²) in [6.07, 6.45) is -0.386. The van der Waals surface area contributed by atoms with Gasteiger partial charge in [0.25, 0.3) is 0 Å². The highest BCUT2D eigenvalue weighted by atomic mass is 32.2. The van der Waals surface area contributed by atoms with E-state index in [1.807, 2.05) is 20.8 Å². The Morgan fingerprint density at radius 3 is 2.14 bits per heavy atom. The van der Waals surface area contributed by atoms with Crippen molar-refractivity contribution >= 4 is 11.0 Å². The Bertz CT molecular complexity index is 541. The Morgan fingerprint density at radius 2 is 1.76 bits per heavy atom. The molecule has 4 heteroatoms. The fourth-order valence-electron chi connectivity index (χ4n) is 2.94. The zero-order valence-corrected chi connectivity index (χ0v) is 14.7. The van der Waals surface area contributed by atoms with E-state index in [-0.39, 0.29) is 18.0 Å². The maximum atomic E-state index is 13.5. The lowest BCUT2D eigenvalue weighted by Crippen LogP contribution is -2.30. The van der Waals surface area contributed by atoms with Gasteiger partial charge in [0.15, 0.2) is 0 Å². The first-order valence-corrected chi connectivity index (χ1v) is 8.66. The molecule has 3 atom stereocenters. The van der Waals surface area contributed by atoms with Crippen LogP contribution in [0.4, 0.5) is 4.39 Å².